The number of rotatable bonds is 66. The van der Waals surface area contributed by atoms with Gasteiger partial charge < -0.3 is 33.8 Å². The predicted octanol–water partition coefficient (Wildman–Crippen LogP) is 19.3. The molecule has 6 atom stereocenters. The van der Waals surface area contributed by atoms with Crippen molar-refractivity contribution in [2.24, 2.45) is 23.7 Å². The Kier molecular flexibility index (Phi) is 57.6. The Morgan fingerprint density at radius 2 is 0.545 bits per heavy atom. The molecule has 17 nitrogen and oxygen atoms in total. The van der Waals surface area contributed by atoms with Gasteiger partial charge in [-0.3, -0.25) is 37.3 Å². The van der Waals surface area contributed by atoms with Gasteiger partial charge in [-0.1, -0.05) is 287 Å². The van der Waals surface area contributed by atoms with E-state index >= 15 is 0 Å². The highest BCUT2D eigenvalue weighted by molar-refractivity contribution is 7.47. The predicted molar refractivity (Wildman–Crippen MR) is 354 cm³/mol. The zero-order valence-corrected chi connectivity index (χ0v) is 59.1. The standard InChI is InChI=1S/C69H134O17P2/c1-9-62(8)48-40-32-27-28-36-44-52-69(74)86-65(56-79-66(71)49-41-33-24-19-18-22-30-38-46-60(4)5)58-84-88(77,78)82-54-63(70)53-81-87(75,76)83-57-64(55-80-67(72)50-42-34-26-20-23-31-39-47-61(6)7)85-68(73)51-43-35-25-17-15-13-11-10-12-14-16-21-29-37-45-59(2)3/h59-65,70H,9-58H2,1-8H3,(H,75,76)(H,77,78)/t62?,63?,64-,65-/m1/s1. The molecule has 0 spiro atoms. The van der Waals surface area contributed by atoms with Gasteiger partial charge in [-0.15, -0.1) is 0 Å². The summed E-state index contributed by atoms with van der Waals surface area (Å²) in [5.74, 6) is 0.812. The molecule has 0 radical (unpaired) electrons. The van der Waals surface area contributed by atoms with E-state index < -0.39 is 97.5 Å². The molecule has 0 bridgehead atoms. The third-order valence-corrected chi connectivity index (χ3v) is 18.1. The molecular formula is C69H134O17P2. The second-order valence-corrected chi connectivity index (χ2v) is 29.5. The highest BCUT2D eigenvalue weighted by Gasteiger charge is 2.30. The number of hydrogen-bond acceptors (Lipinski definition) is 15. The van der Waals surface area contributed by atoms with E-state index in [4.69, 9.17) is 37.0 Å². The first-order valence-corrected chi connectivity index (χ1v) is 38.7. The molecule has 0 aromatic carbocycles. The van der Waals surface area contributed by atoms with E-state index in [-0.39, 0.29) is 25.7 Å². The molecule has 4 unspecified atom stereocenters. The Hall–Kier alpha value is -1.94. The molecule has 0 aliphatic heterocycles. The fourth-order valence-corrected chi connectivity index (χ4v) is 11.9. The summed E-state index contributed by atoms with van der Waals surface area (Å²) < 4.78 is 68.2. The Bertz CT molecular complexity index is 1750. The first kappa shape index (κ1) is 86.1. The van der Waals surface area contributed by atoms with Crippen LogP contribution >= 0.6 is 15.6 Å². The van der Waals surface area contributed by atoms with Crippen LogP contribution in [0.25, 0.3) is 0 Å². The normalized spacial score (nSPS) is 14.6. The Morgan fingerprint density at radius 3 is 0.807 bits per heavy atom. The highest BCUT2D eigenvalue weighted by Crippen LogP contribution is 2.45. The molecule has 0 aromatic rings. The van der Waals surface area contributed by atoms with E-state index in [1.54, 1.807) is 0 Å². The third kappa shape index (κ3) is 61.6. The van der Waals surface area contributed by atoms with Crippen LogP contribution in [0.3, 0.4) is 0 Å². The minimum atomic E-state index is -4.95. The van der Waals surface area contributed by atoms with Gasteiger partial charge in [0.25, 0.3) is 0 Å². The van der Waals surface area contributed by atoms with Crippen LogP contribution in [0, 0.1) is 23.7 Å². The molecule has 88 heavy (non-hydrogen) atoms. The fourth-order valence-electron chi connectivity index (χ4n) is 10.3. The maximum Gasteiger partial charge on any atom is 0.472 e. The number of carbonyl (C=O) groups is 4. The first-order valence-electron chi connectivity index (χ1n) is 35.7. The molecule has 0 aliphatic rings. The second kappa shape index (κ2) is 58.8. The van der Waals surface area contributed by atoms with Gasteiger partial charge in [0, 0.05) is 25.7 Å². The number of aliphatic hydroxyl groups is 1. The van der Waals surface area contributed by atoms with Crippen LogP contribution in [0.2, 0.25) is 0 Å². The quantitative estimate of drug-likeness (QED) is 0.0222. The first-order chi connectivity index (χ1) is 42.1. The van der Waals surface area contributed by atoms with Crippen LogP contribution in [0.5, 0.6) is 0 Å². The maximum absolute atomic E-state index is 13.0. The van der Waals surface area contributed by atoms with Crippen molar-refractivity contribution in [2.45, 2.75) is 356 Å². The summed E-state index contributed by atoms with van der Waals surface area (Å²) in [7, 11) is -9.90. The van der Waals surface area contributed by atoms with Gasteiger partial charge in [0.2, 0.25) is 0 Å². The lowest BCUT2D eigenvalue weighted by Crippen LogP contribution is -2.30. The van der Waals surface area contributed by atoms with Crippen molar-refractivity contribution in [2.75, 3.05) is 39.6 Å². The molecule has 0 saturated heterocycles. The van der Waals surface area contributed by atoms with Crippen LogP contribution < -0.4 is 0 Å². The van der Waals surface area contributed by atoms with Crippen LogP contribution in [-0.4, -0.2) is 96.7 Å². The van der Waals surface area contributed by atoms with Gasteiger partial charge in [0.05, 0.1) is 26.4 Å². The van der Waals surface area contributed by atoms with E-state index in [2.05, 4.69) is 55.4 Å². The molecule has 522 valence electrons. The number of hydrogen-bond donors (Lipinski definition) is 3. The Balaban J connectivity index is 5.23. The molecule has 0 heterocycles. The van der Waals surface area contributed by atoms with Crippen LogP contribution in [0.1, 0.15) is 338 Å². The topological polar surface area (TPSA) is 237 Å². The number of phosphoric acid groups is 2. The summed E-state index contributed by atoms with van der Waals surface area (Å²) in [6.07, 6.45) is 40.5. The Labute approximate surface area is 537 Å². The van der Waals surface area contributed by atoms with E-state index in [9.17, 15) is 43.2 Å². The molecule has 3 N–H and O–H groups in total. The molecule has 0 rings (SSSR count). The lowest BCUT2D eigenvalue weighted by molar-refractivity contribution is -0.161. The molecule has 0 aliphatic carbocycles. The van der Waals surface area contributed by atoms with Crippen molar-refractivity contribution in [3.63, 3.8) is 0 Å². The summed E-state index contributed by atoms with van der Waals surface area (Å²) in [6, 6.07) is 0. The van der Waals surface area contributed by atoms with Gasteiger partial charge >= 0.3 is 39.5 Å². The number of ether oxygens (including phenoxy) is 4. The largest absolute Gasteiger partial charge is 0.472 e. The van der Waals surface area contributed by atoms with Gasteiger partial charge in [-0.2, -0.15) is 0 Å². The zero-order chi connectivity index (χ0) is 65.4. The van der Waals surface area contributed by atoms with Gasteiger partial charge in [0.15, 0.2) is 12.2 Å². The van der Waals surface area contributed by atoms with Crippen molar-refractivity contribution >= 4 is 39.5 Å². The average molecular weight is 1300 g/mol. The fraction of sp³-hybridized carbons (Fsp3) is 0.942. The number of esters is 4. The van der Waals surface area contributed by atoms with Crippen LogP contribution in [0.15, 0.2) is 0 Å². The lowest BCUT2D eigenvalue weighted by Gasteiger charge is -2.21. The summed E-state index contributed by atoms with van der Waals surface area (Å²) >= 11 is 0. The van der Waals surface area contributed by atoms with Gasteiger partial charge in [-0.05, 0) is 49.4 Å². The summed E-state index contributed by atoms with van der Waals surface area (Å²) in [5, 5.41) is 10.6. The smallest absolute Gasteiger partial charge is 0.462 e. The van der Waals surface area contributed by atoms with E-state index in [1.807, 2.05) is 0 Å². The number of carbonyl (C=O) groups excluding carboxylic acids is 4. The summed E-state index contributed by atoms with van der Waals surface area (Å²) in [4.78, 5) is 72.4. The minimum absolute atomic E-state index is 0.102. The third-order valence-electron chi connectivity index (χ3n) is 16.2. The van der Waals surface area contributed by atoms with Gasteiger partial charge in [0.1, 0.15) is 19.3 Å². The molecule has 19 heteroatoms. The number of unbranched alkanes of at least 4 members (excludes halogenated alkanes) is 31. The SMILES string of the molecule is CCC(C)CCCCCCCCC(=O)O[C@H](COC(=O)CCCCCCCCCCC(C)C)COP(=O)(O)OCC(O)COP(=O)(O)OC[C@@H](COC(=O)CCCCCCCCCC(C)C)OC(=O)CCCCCCCCCCCCCCCCC(C)C. The van der Waals surface area contributed by atoms with E-state index in [0.717, 1.165) is 114 Å². The minimum Gasteiger partial charge on any atom is -0.462 e. The van der Waals surface area contributed by atoms with Gasteiger partial charge in [-0.25, -0.2) is 9.13 Å². The van der Waals surface area contributed by atoms with Crippen molar-refractivity contribution in [3.05, 3.63) is 0 Å². The lowest BCUT2D eigenvalue weighted by atomic mass is 10.00. The zero-order valence-electron chi connectivity index (χ0n) is 57.3. The van der Waals surface area contributed by atoms with Crippen LogP contribution in [-0.2, 0) is 65.4 Å². The second-order valence-electron chi connectivity index (χ2n) is 26.6. The summed E-state index contributed by atoms with van der Waals surface area (Å²) in [5.41, 5.74) is 0. The van der Waals surface area contributed by atoms with E-state index in [0.29, 0.717) is 31.6 Å². The van der Waals surface area contributed by atoms with Crippen molar-refractivity contribution in [1.29, 1.82) is 0 Å². The Morgan fingerprint density at radius 1 is 0.318 bits per heavy atom. The van der Waals surface area contributed by atoms with Crippen LogP contribution in [0.4, 0.5) is 0 Å². The molecule has 0 amide bonds. The summed E-state index contributed by atoms with van der Waals surface area (Å²) in [6.45, 7) is 14.0. The molecule has 0 saturated carbocycles. The monoisotopic (exact) mass is 1300 g/mol. The molecular weight excluding hydrogens is 1160 g/mol. The maximum atomic E-state index is 13.0. The van der Waals surface area contributed by atoms with Crippen molar-refractivity contribution in [1.82, 2.24) is 0 Å². The van der Waals surface area contributed by atoms with Crippen molar-refractivity contribution in [3.8, 4) is 0 Å². The molecule has 0 fully saturated rings. The van der Waals surface area contributed by atoms with E-state index in [1.165, 1.54) is 135 Å². The van der Waals surface area contributed by atoms with Crippen molar-refractivity contribution < 1.29 is 80.2 Å². The highest BCUT2D eigenvalue weighted by atomic mass is 31.2. The average Bonchev–Trinajstić information content (AvgIpc) is 3.70. The molecule has 0 aromatic heterocycles. The number of aliphatic hydroxyl groups excluding tert-OH is 1. The number of phosphoric ester groups is 2.